The Bertz CT molecular complexity index is 3380. The lowest BCUT2D eigenvalue weighted by Gasteiger charge is -2.33. The van der Waals surface area contributed by atoms with Gasteiger partial charge in [0.2, 0.25) is 0 Å². The highest BCUT2D eigenvalue weighted by Gasteiger charge is 2.48. The minimum atomic E-state index is -3.12. The molecule has 6 aromatic rings. The molecular weight excluding hydrogens is 1120 g/mol. The quantitative estimate of drug-likeness (QED) is 0.0762. The van der Waals surface area contributed by atoms with E-state index in [0.29, 0.717) is 98.0 Å². The predicted molar refractivity (Wildman–Crippen MR) is 300 cm³/mol. The molecule has 7 fully saturated rings. The summed E-state index contributed by atoms with van der Waals surface area (Å²) in [6.45, 7) is 2.20. The van der Waals surface area contributed by atoms with Crippen molar-refractivity contribution in [2.24, 2.45) is 11.8 Å². The van der Waals surface area contributed by atoms with Gasteiger partial charge in [-0.2, -0.15) is 0 Å². The Kier molecular flexibility index (Phi) is 16.0. The summed E-state index contributed by atoms with van der Waals surface area (Å²) in [6.07, 6.45) is 9.57. The number of carboxylic acids is 1. The molecule has 4 heterocycles. The average molecular weight is 1180 g/mol. The molecule has 0 radical (unpaired) electrons. The summed E-state index contributed by atoms with van der Waals surface area (Å²) in [5.74, 6) is 0.0960. The number of halogens is 6. The van der Waals surface area contributed by atoms with E-state index in [9.17, 15) is 22.4 Å². The van der Waals surface area contributed by atoms with Crippen molar-refractivity contribution in [1.82, 2.24) is 10.3 Å². The second-order valence-electron chi connectivity index (χ2n) is 22.0. The van der Waals surface area contributed by atoms with E-state index in [-0.39, 0.29) is 72.5 Å². The summed E-state index contributed by atoms with van der Waals surface area (Å²) < 4.78 is 77.9. The summed E-state index contributed by atoms with van der Waals surface area (Å²) in [5.41, 5.74) is 5.59. The van der Waals surface area contributed by atoms with Crippen LogP contribution in [0.4, 0.5) is 20.2 Å². The molecule has 5 saturated carbocycles. The molecule has 6 atom stereocenters. The van der Waals surface area contributed by atoms with Gasteiger partial charge in [-0.25, -0.2) is 22.0 Å². The number of carbonyl (C=O) groups is 2. The number of sulfone groups is 1. The number of hydrogen-bond acceptors (Lipinski definition) is 12. The number of ketones is 1. The third kappa shape index (κ3) is 11.5. The van der Waals surface area contributed by atoms with Gasteiger partial charge in [-0.05, 0) is 131 Å². The Morgan fingerprint density at radius 3 is 1.47 bits per heavy atom. The maximum absolute atomic E-state index is 15.1. The number of rotatable bonds is 19. The van der Waals surface area contributed by atoms with E-state index >= 15 is 4.39 Å². The van der Waals surface area contributed by atoms with Crippen molar-refractivity contribution in [2.75, 3.05) is 28.6 Å². The van der Waals surface area contributed by atoms with Crippen LogP contribution in [0.5, 0.6) is 0 Å². The van der Waals surface area contributed by atoms with Crippen LogP contribution in [0.2, 0.25) is 20.1 Å². The Hall–Kier alpha value is -5.07. The molecule has 13 rings (SSSR count). The minimum Gasteiger partial charge on any atom is -0.478 e. The van der Waals surface area contributed by atoms with Crippen molar-refractivity contribution in [1.29, 1.82) is 0 Å². The second kappa shape index (κ2) is 22.7. The molecule has 13 nitrogen and oxygen atoms in total. The second-order valence-corrected chi connectivity index (χ2v) is 26.0. The van der Waals surface area contributed by atoms with E-state index in [4.69, 9.17) is 70.0 Å². The first-order valence-electron chi connectivity index (χ1n) is 26.8. The van der Waals surface area contributed by atoms with Crippen LogP contribution in [0.15, 0.2) is 81.8 Å². The Morgan fingerprint density at radius 2 is 1.09 bits per heavy atom. The molecule has 5 aliphatic carbocycles. The number of aromatic carboxylic acids is 1. The zero-order valence-corrected chi connectivity index (χ0v) is 46.2. The predicted octanol–water partition coefficient (Wildman–Crippen LogP) is 14.6. The Morgan fingerprint density at radius 1 is 0.646 bits per heavy atom. The number of aromatic nitrogens is 2. The summed E-state index contributed by atoms with van der Waals surface area (Å²) in [6, 6.07) is 20.3. The van der Waals surface area contributed by atoms with E-state index in [1.54, 1.807) is 48.5 Å². The molecule has 418 valence electrons. The smallest absolute Gasteiger partial charge is 0.338 e. The highest BCUT2D eigenvalue weighted by Crippen LogP contribution is 2.50. The van der Waals surface area contributed by atoms with Gasteiger partial charge in [0.25, 0.3) is 0 Å². The molecule has 1 N–H and O–H groups in total. The zero-order valence-electron chi connectivity index (χ0n) is 42.3. The van der Waals surface area contributed by atoms with Gasteiger partial charge in [-0.3, -0.25) is 4.79 Å². The van der Waals surface area contributed by atoms with Crippen LogP contribution in [0.1, 0.15) is 140 Å². The fourth-order valence-electron chi connectivity index (χ4n) is 12.3. The Labute approximate surface area is 477 Å². The topological polar surface area (TPSA) is 166 Å². The molecule has 4 aromatic carbocycles. The molecule has 4 bridgehead atoms. The molecule has 7 aliphatic rings. The normalized spacial score (nSPS) is 23.0. The van der Waals surface area contributed by atoms with E-state index < -0.39 is 27.4 Å². The SMILES string of the molecule is C.O=C(CCCS(=O)(=O)C1CC1)c1ccc(N2C[C@@H]3C[C@H]2C[C@H]3OCc2c(-c3c(Cl)cccc3Cl)noc2C2CC2)cc1F.O=C(O)c1ccc(N2C[C@@H]3C[C@H]2C[C@H]3OCc2c(-c3c(Cl)cccc3Cl)noc2C2CC2)cc1F. The van der Waals surface area contributed by atoms with Crippen LogP contribution < -0.4 is 9.80 Å². The van der Waals surface area contributed by atoms with Crippen molar-refractivity contribution in [3.05, 3.63) is 138 Å². The summed E-state index contributed by atoms with van der Waals surface area (Å²) in [5, 5.41) is 19.6. The van der Waals surface area contributed by atoms with Gasteiger partial charge < -0.3 is 33.4 Å². The lowest BCUT2D eigenvalue weighted by molar-refractivity contribution is 0.0122. The van der Waals surface area contributed by atoms with Crippen LogP contribution in [0.3, 0.4) is 0 Å². The first kappa shape index (κ1) is 55.8. The van der Waals surface area contributed by atoms with Gasteiger partial charge in [0.1, 0.15) is 34.5 Å². The zero-order chi connectivity index (χ0) is 54.1. The van der Waals surface area contributed by atoms with Gasteiger partial charge >= 0.3 is 5.97 Å². The molecule has 0 amide bonds. The first-order valence-corrected chi connectivity index (χ1v) is 30.0. The molecule has 0 spiro atoms. The monoisotopic (exact) mass is 1180 g/mol. The molecule has 20 heteroatoms. The standard InChI is InChI=1S/C32H33Cl2FN2O5S.C26H23Cl2FN2O4.CH4/c33-25-3-1-4-26(34)30(25)31-24(32(42-36-31)18-6-7-18)17-41-29-15-21-13-19(29)16-37(21)20-8-11-23(27(35)14-20)28(38)5-2-12-43(39,40)22-9-10-22;27-19-2-1-3-20(28)23(19)24-18(25(35-30-24)13-4-5-13)12-34-22-10-16-8-14(22)11-31(16)15-6-7-17(26(32)33)21(29)9-15;/h1,3-4,8,11,14,18-19,21-22,29H,2,5-7,9-10,12-13,15-17H2;1-3,6-7,9,13-14,16,22H,4-5,8,10-12H2,(H,32,33);1H4/t19-,21-,29+;14-,16-,22+;/m00./s1. The number of carboxylic acid groups (broad SMARTS) is 1. The third-order valence-electron chi connectivity index (χ3n) is 16.7. The fraction of sp³-hybridized carbons (Fsp3) is 0.458. The van der Waals surface area contributed by atoms with Crippen molar-refractivity contribution < 1.29 is 50.4 Å². The minimum absolute atomic E-state index is 0. The number of piperidine rings is 2. The number of hydrogen-bond donors (Lipinski definition) is 1. The van der Waals surface area contributed by atoms with Gasteiger partial charge in [0.05, 0.1) is 67.6 Å². The van der Waals surface area contributed by atoms with Crippen molar-refractivity contribution >= 4 is 79.4 Å². The van der Waals surface area contributed by atoms with Gasteiger partial charge in [0, 0.05) is 88.9 Å². The van der Waals surface area contributed by atoms with Crippen LogP contribution in [-0.2, 0) is 32.5 Å². The number of nitrogens with zero attached hydrogens (tertiary/aromatic N) is 4. The molecule has 2 saturated heterocycles. The third-order valence-corrected chi connectivity index (χ3v) is 20.3. The van der Waals surface area contributed by atoms with E-state index in [1.165, 1.54) is 24.3 Å². The number of Topliss-reactive ketones (excluding diaryl/α,β-unsaturated/α-hetero) is 1. The molecule has 2 aromatic heterocycles. The summed E-state index contributed by atoms with van der Waals surface area (Å²) in [7, 11) is -3.12. The van der Waals surface area contributed by atoms with Crippen molar-refractivity contribution in [3.8, 4) is 22.5 Å². The van der Waals surface area contributed by atoms with Crippen LogP contribution in [0.25, 0.3) is 22.5 Å². The Balaban J connectivity index is 0.000000168. The number of carbonyl (C=O) groups excluding carboxylic acids is 1. The average Bonchev–Trinajstić information content (AvgIpc) is 4.54. The largest absolute Gasteiger partial charge is 0.478 e. The lowest BCUT2D eigenvalue weighted by Crippen LogP contribution is -2.38. The van der Waals surface area contributed by atoms with Crippen LogP contribution >= 0.6 is 46.4 Å². The maximum atomic E-state index is 15.1. The van der Waals surface area contributed by atoms with E-state index in [2.05, 4.69) is 20.1 Å². The highest BCUT2D eigenvalue weighted by molar-refractivity contribution is 7.92. The van der Waals surface area contributed by atoms with Crippen LogP contribution in [-0.4, -0.2) is 84.0 Å². The molecule has 2 aliphatic heterocycles. The van der Waals surface area contributed by atoms with Gasteiger partial charge in [-0.1, -0.05) is 76.3 Å². The lowest BCUT2D eigenvalue weighted by atomic mass is 10.0. The number of benzene rings is 4. The summed E-state index contributed by atoms with van der Waals surface area (Å²) in [4.78, 5) is 28.1. The first-order chi connectivity index (χ1) is 37.6. The van der Waals surface area contributed by atoms with Gasteiger partial charge in [0.15, 0.2) is 15.6 Å². The van der Waals surface area contributed by atoms with E-state index in [1.807, 2.05) is 0 Å². The molecular formula is C59H60Cl4F2N4O9S. The summed E-state index contributed by atoms with van der Waals surface area (Å²) >= 11 is 25.9. The number of ether oxygens (including phenoxy) is 2. The molecule has 79 heavy (non-hydrogen) atoms. The van der Waals surface area contributed by atoms with Gasteiger partial charge in [-0.15, -0.1) is 0 Å². The van der Waals surface area contributed by atoms with Crippen LogP contribution in [0, 0.1) is 23.5 Å². The van der Waals surface area contributed by atoms with Crippen molar-refractivity contribution in [3.63, 3.8) is 0 Å². The highest BCUT2D eigenvalue weighted by atomic mass is 35.5. The van der Waals surface area contributed by atoms with E-state index in [0.717, 1.165) is 92.8 Å². The molecule has 0 unspecified atom stereocenters. The van der Waals surface area contributed by atoms with Crippen molar-refractivity contribution in [2.45, 2.75) is 139 Å². The fourth-order valence-corrected chi connectivity index (χ4v) is 15.1. The number of anilines is 2. The maximum Gasteiger partial charge on any atom is 0.338 e. The number of fused-ring (bicyclic) bond motifs is 4.